The Bertz CT molecular complexity index is 400. The Morgan fingerprint density at radius 2 is 2.36 bits per heavy atom. The Morgan fingerprint density at radius 1 is 1.43 bits per heavy atom. The fourth-order valence-corrected chi connectivity index (χ4v) is 1.47. The number of rotatable bonds is 3. The van der Waals surface area contributed by atoms with Gasteiger partial charge in [0.05, 0.1) is 5.95 Å². The van der Waals surface area contributed by atoms with Gasteiger partial charge in [0, 0.05) is 11.0 Å². The molecule has 0 bridgehead atoms. The smallest absolute Gasteiger partial charge is 0.0617 e. The summed E-state index contributed by atoms with van der Waals surface area (Å²) in [5, 5.41) is 17.4. The predicted octanol–water partition coefficient (Wildman–Crippen LogP) is 2.17. The van der Waals surface area contributed by atoms with Gasteiger partial charge in [0.25, 0.3) is 0 Å². The molecule has 1 heterocycles. The SMILES string of the molecule is Brc1cccc(C[N-]c2nn[nH]n2)c1. The van der Waals surface area contributed by atoms with Crippen LogP contribution in [0.2, 0.25) is 0 Å². The highest BCUT2D eigenvalue weighted by molar-refractivity contribution is 9.10. The largest absolute Gasteiger partial charge is 0.386 e. The number of halogens is 1. The summed E-state index contributed by atoms with van der Waals surface area (Å²) in [6.45, 7) is 0.555. The zero-order valence-electron chi connectivity index (χ0n) is 7.18. The summed E-state index contributed by atoms with van der Waals surface area (Å²) in [4.78, 5) is 0. The summed E-state index contributed by atoms with van der Waals surface area (Å²) in [6, 6.07) is 7.93. The van der Waals surface area contributed by atoms with E-state index < -0.39 is 0 Å². The standard InChI is InChI=1S/C8H7BrN5/c9-7-3-1-2-6(4-7)5-10-8-11-13-14-12-8/h1-4H,5H2,(H-,10,11,12,13,14)/q-1. The Balaban J connectivity index is 1.98. The lowest BCUT2D eigenvalue weighted by Gasteiger charge is -2.06. The van der Waals surface area contributed by atoms with E-state index in [0.29, 0.717) is 12.5 Å². The zero-order valence-corrected chi connectivity index (χ0v) is 8.77. The van der Waals surface area contributed by atoms with Crippen molar-refractivity contribution in [2.24, 2.45) is 0 Å². The van der Waals surface area contributed by atoms with Crippen molar-refractivity contribution < 1.29 is 0 Å². The van der Waals surface area contributed by atoms with Crippen LogP contribution in [0.25, 0.3) is 5.32 Å². The molecule has 0 aliphatic heterocycles. The van der Waals surface area contributed by atoms with E-state index in [0.717, 1.165) is 10.0 Å². The molecule has 0 amide bonds. The number of tetrazole rings is 1. The number of hydrogen-bond acceptors (Lipinski definition) is 3. The average molecular weight is 253 g/mol. The number of aromatic nitrogens is 4. The second-order valence-corrected chi connectivity index (χ2v) is 3.57. The summed E-state index contributed by atoms with van der Waals surface area (Å²) in [5.41, 5.74) is 1.10. The molecule has 2 aromatic rings. The maximum absolute atomic E-state index is 4.14. The van der Waals surface area contributed by atoms with Crippen molar-refractivity contribution in [3.63, 3.8) is 0 Å². The number of nitrogens with one attached hydrogen (secondary N) is 1. The van der Waals surface area contributed by atoms with Crippen molar-refractivity contribution in [3.05, 3.63) is 39.6 Å². The van der Waals surface area contributed by atoms with Crippen LogP contribution < -0.4 is 0 Å². The minimum absolute atomic E-state index is 0.380. The quantitative estimate of drug-likeness (QED) is 0.911. The van der Waals surface area contributed by atoms with Crippen LogP contribution in [0.1, 0.15) is 5.56 Å². The van der Waals surface area contributed by atoms with Gasteiger partial charge < -0.3 is 5.32 Å². The van der Waals surface area contributed by atoms with E-state index in [1.807, 2.05) is 24.3 Å². The van der Waals surface area contributed by atoms with Crippen molar-refractivity contribution in [2.45, 2.75) is 6.54 Å². The summed E-state index contributed by atoms with van der Waals surface area (Å²) in [6.07, 6.45) is 0. The second-order valence-electron chi connectivity index (χ2n) is 2.66. The zero-order chi connectivity index (χ0) is 9.80. The molecule has 1 aromatic heterocycles. The number of nitrogens with zero attached hydrogens (tertiary/aromatic N) is 4. The van der Waals surface area contributed by atoms with Crippen LogP contribution in [0, 0.1) is 0 Å². The van der Waals surface area contributed by atoms with Gasteiger partial charge in [-0.3, -0.25) is 15.4 Å². The first-order valence-electron chi connectivity index (χ1n) is 4.00. The summed E-state index contributed by atoms with van der Waals surface area (Å²) in [5.74, 6) is 0.380. The van der Waals surface area contributed by atoms with E-state index in [-0.39, 0.29) is 0 Å². The lowest BCUT2D eigenvalue weighted by atomic mass is 10.2. The van der Waals surface area contributed by atoms with E-state index in [4.69, 9.17) is 0 Å². The maximum Gasteiger partial charge on any atom is 0.0617 e. The number of hydrogen-bond donors (Lipinski definition) is 1. The van der Waals surface area contributed by atoms with E-state index in [1.54, 1.807) is 0 Å². The molecule has 0 atom stereocenters. The van der Waals surface area contributed by atoms with Crippen molar-refractivity contribution in [2.75, 3.05) is 0 Å². The van der Waals surface area contributed by atoms with Crippen LogP contribution >= 0.6 is 15.9 Å². The molecule has 5 nitrogen and oxygen atoms in total. The predicted molar refractivity (Wildman–Crippen MR) is 55.0 cm³/mol. The number of benzene rings is 1. The van der Waals surface area contributed by atoms with Gasteiger partial charge in [0.2, 0.25) is 0 Å². The van der Waals surface area contributed by atoms with Gasteiger partial charge in [0.1, 0.15) is 0 Å². The first-order chi connectivity index (χ1) is 6.84. The Hall–Kier alpha value is -1.43. The Morgan fingerprint density at radius 3 is 3.07 bits per heavy atom. The lowest BCUT2D eigenvalue weighted by Crippen LogP contribution is -1.83. The molecule has 0 unspecified atom stereocenters. The van der Waals surface area contributed by atoms with E-state index in [1.165, 1.54) is 0 Å². The summed E-state index contributed by atoms with van der Waals surface area (Å²) < 4.78 is 1.04. The molecule has 0 saturated carbocycles. The minimum atomic E-state index is 0.380. The molecular weight excluding hydrogens is 246 g/mol. The van der Waals surface area contributed by atoms with Gasteiger partial charge in [-0.2, -0.15) is 0 Å². The molecule has 14 heavy (non-hydrogen) atoms. The van der Waals surface area contributed by atoms with Gasteiger partial charge in [-0.25, -0.2) is 0 Å². The third-order valence-electron chi connectivity index (χ3n) is 1.63. The van der Waals surface area contributed by atoms with Crippen molar-refractivity contribution >= 4 is 21.9 Å². The molecule has 72 valence electrons. The van der Waals surface area contributed by atoms with Crippen molar-refractivity contribution in [1.29, 1.82) is 0 Å². The Kier molecular flexibility index (Phi) is 2.73. The van der Waals surface area contributed by atoms with Crippen LogP contribution in [0.3, 0.4) is 0 Å². The molecule has 2 rings (SSSR count). The average Bonchev–Trinajstić information content (AvgIpc) is 2.67. The third-order valence-corrected chi connectivity index (χ3v) is 2.12. The maximum atomic E-state index is 4.14. The van der Waals surface area contributed by atoms with Crippen LogP contribution in [0.5, 0.6) is 0 Å². The monoisotopic (exact) mass is 252 g/mol. The van der Waals surface area contributed by atoms with Crippen LogP contribution in [-0.2, 0) is 6.54 Å². The number of H-pyrrole nitrogens is 1. The second kappa shape index (κ2) is 4.19. The highest BCUT2D eigenvalue weighted by Gasteiger charge is 1.92. The third kappa shape index (κ3) is 2.29. The van der Waals surface area contributed by atoms with Gasteiger partial charge in [-0.1, -0.05) is 28.1 Å². The number of aromatic amines is 1. The van der Waals surface area contributed by atoms with E-state index in [2.05, 4.69) is 41.9 Å². The van der Waals surface area contributed by atoms with Crippen LogP contribution in [-0.4, -0.2) is 20.6 Å². The van der Waals surface area contributed by atoms with Crippen molar-refractivity contribution in [1.82, 2.24) is 20.6 Å². The molecule has 1 aromatic carbocycles. The van der Waals surface area contributed by atoms with Crippen molar-refractivity contribution in [3.8, 4) is 0 Å². The summed E-state index contributed by atoms with van der Waals surface area (Å²) in [7, 11) is 0. The topological polar surface area (TPSA) is 68.6 Å². The molecule has 6 heteroatoms. The van der Waals surface area contributed by atoms with Gasteiger partial charge in [-0.05, 0) is 17.7 Å². The molecule has 0 radical (unpaired) electrons. The first-order valence-corrected chi connectivity index (χ1v) is 4.79. The Labute approximate surface area is 89.0 Å². The van der Waals surface area contributed by atoms with E-state index >= 15 is 0 Å². The van der Waals surface area contributed by atoms with Gasteiger partial charge >= 0.3 is 0 Å². The normalized spacial score (nSPS) is 10.1. The van der Waals surface area contributed by atoms with Gasteiger partial charge in [0.15, 0.2) is 0 Å². The first kappa shape index (κ1) is 9.14. The summed E-state index contributed by atoms with van der Waals surface area (Å²) >= 11 is 3.39. The van der Waals surface area contributed by atoms with Crippen LogP contribution in [0.4, 0.5) is 5.95 Å². The fourth-order valence-electron chi connectivity index (χ4n) is 1.02. The van der Waals surface area contributed by atoms with Gasteiger partial charge in [-0.15, -0.1) is 5.21 Å². The highest BCUT2D eigenvalue weighted by atomic mass is 79.9. The molecule has 0 saturated heterocycles. The molecule has 0 fully saturated rings. The lowest BCUT2D eigenvalue weighted by molar-refractivity contribution is 0.881. The molecule has 0 spiro atoms. The molecule has 0 aliphatic carbocycles. The molecular formula is C8H7BrN5-. The van der Waals surface area contributed by atoms with Crippen LogP contribution in [0.15, 0.2) is 28.7 Å². The molecule has 1 N–H and O–H groups in total. The minimum Gasteiger partial charge on any atom is -0.386 e. The fraction of sp³-hybridized carbons (Fsp3) is 0.125. The molecule has 0 aliphatic rings. The highest BCUT2D eigenvalue weighted by Crippen LogP contribution is 2.17. The van der Waals surface area contributed by atoms with E-state index in [9.17, 15) is 0 Å².